The number of hydroxylamine groups is 2. The van der Waals surface area contributed by atoms with Gasteiger partial charge in [-0.15, -0.1) is 5.06 Å². The minimum atomic E-state index is -0.309. The van der Waals surface area contributed by atoms with Crippen molar-refractivity contribution in [3.63, 3.8) is 0 Å². The normalized spacial score (nSPS) is 23.8. The van der Waals surface area contributed by atoms with E-state index in [1.54, 1.807) is 6.08 Å². The van der Waals surface area contributed by atoms with Crippen molar-refractivity contribution >= 4 is 5.97 Å². The molecule has 0 aromatic heterocycles. The van der Waals surface area contributed by atoms with Gasteiger partial charge in [0.05, 0.1) is 11.1 Å². The van der Waals surface area contributed by atoms with Crippen LogP contribution in [0.5, 0.6) is 0 Å². The molecule has 3 nitrogen and oxygen atoms in total. The minimum Gasteiger partial charge on any atom is -0.363 e. The number of nitrogens with zero attached hydrogens (tertiary/aromatic N) is 1. The van der Waals surface area contributed by atoms with Gasteiger partial charge in [0.2, 0.25) is 0 Å². The van der Waals surface area contributed by atoms with Crippen LogP contribution in [-0.4, -0.2) is 22.1 Å². The van der Waals surface area contributed by atoms with E-state index in [1.165, 1.54) is 12.5 Å². The van der Waals surface area contributed by atoms with E-state index < -0.39 is 0 Å². The van der Waals surface area contributed by atoms with Crippen molar-refractivity contribution in [3.8, 4) is 0 Å². The smallest absolute Gasteiger partial charge is 0.349 e. The fourth-order valence-electron chi connectivity index (χ4n) is 2.52. The molecule has 0 aromatic rings. The fourth-order valence-corrected chi connectivity index (χ4v) is 2.52. The third kappa shape index (κ3) is 3.56. The number of rotatable bonds is 3. The Hall–Kier alpha value is -0.830. The quantitative estimate of drug-likeness (QED) is 0.707. The van der Waals surface area contributed by atoms with Crippen molar-refractivity contribution in [1.82, 2.24) is 5.06 Å². The first-order valence-electron chi connectivity index (χ1n) is 6.28. The van der Waals surface area contributed by atoms with Gasteiger partial charge in [-0.1, -0.05) is 6.08 Å². The van der Waals surface area contributed by atoms with Crippen LogP contribution in [0.25, 0.3) is 0 Å². The molecule has 0 aliphatic carbocycles. The Morgan fingerprint density at radius 2 is 1.82 bits per heavy atom. The van der Waals surface area contributed by atoms with E-state index in [-0.39, 0.29) is 17.0 Å². The second kappa shape index (κ2) is 5.21. The zero-order valence-electron chi connectivity index (χ0n) is 11.5. The van der Waals surface area contributed by atoms with Gasteiger partial charge in [0.1, 0.15) is 0 Å². The van der Waals surface area contributed by atoms with Gasteiger partial charge in [0.25, 0.3) is 0 Å². The molecule has 0 aromatic carbocycles. The monoisotopic (exact) mass is 238 g/mol. The van der Waals surface area contributed by atoms with Gasteiger partial charge in [0.15, 0.2) is 0 Å². The summed E-state index contributed by atoms with van der Waals surface area (Å²) in [5, 5.41) is 1.86. The van der Waals surface area contributed by atoms with Crippen LogP contribution in [0.2, 0.25) is 0 Å². The molecule has 0 amide bonds. The average Bonchev–Trinajstić information content (AvgIpc) is 2.20. The zero-order valence-corrected chi connectivity index (χ0v) is 11.5. The Labute approximate surface area is 105 Å². The van der Waals surface area contributed by atoms with Crippen molar-refractivity contribution in [1.29, 1.82) is 0 Å². The highest BCUT2D eigenvalue weighted by molar-refractivity contribution is 5.81. The first-order valence-corrected chi connectivity index (χ1v) is 6.28. The number of carbonyl (C=O) groups excluding carboxylic acids is 1. The SMILES string of the molecule is [CH2]C/C=C/C(=O)ON1C(C)(C)CCCC1(C)C. The van der Waals surface area contributed by atoms with Crippen molar-refractivity contribution in [3.05, 3.63) is 19.1 Å². The van der Waals surface area contributed by atoms with Gasteiger partial charge >= 0.3 is 5.97 Å². The Bertz CT molecular complexity index is 289. The topological polar surface area (TPSA) is 29.5 Å². The molecule has 0 unspecified atom stereocenters. The number of hydrogen-bond acceptors (Lipinski definition) is 3. The molecule has 1 saturated heterocycles. The molecule has 1 radical (unpaired) electrons. The van der Waals surface area contributed by atoms with Crippen LogP contribution in [0.3, 0.4) is 0 Å². The maximum absolute atomic E-state index is 11.7. The standard InChI is InChI=1S/C14H24NO2/c1-6-7-9-12(16)17-15-13(2,3)10-8-11-14(15,4)5/h7,9H,1,6,8,10-11H2,2-5H3/b9-7+. The molecular formula is C14H24NO2. The van der Waals surface area contributed by atoms with Crippen LogP contribution in [0.1, 0.15) is 53.4 Å². The first kappa shape index (κ1) is 14.2. The van der Waals surface area contributed by atoms with E-state index >= 15 is 0 Å². The van der Waals surface area contributed by atoms with Crippen LogP contribution in [-0.2, 0) is 9.63 Å². The van der Waals surface area contributed by atoms with Crippen LogP contribution < -0.4 is 0 Å². The molecule has 0 saturated carbocycles. The molecule has 1 heterocycles. The molecular weight excluding hydrogens is 214 g/mol. The highest BCUT2D eigenvalue weighted by atomic mass is 16.7. The molecule has 1 aliphatic rings. The summed E-state index contributed by atoms with van der Waals surface area (Å²) in [6, 6.07) is 0. The molecule has 1 fully saturated rings. The van der Waals surface area contributed by atoms with E-state index in [4.69, 9.17) is 4.84 Å². The third-order valence-corrected chi connectivity index (χ3v) is 3.28. The van der Waals surface area contributed by atoms with Crippen molar-refractivity contribution in [2.24, 2.45) is 0 Å². The Morgan fingerprint density at radius 3 is 2.29 bits per heavy atom. The molecule has 3 heteroatoms. The summed E-state index contributed by atoms with van der Waals surface area (Å²) in [6.07, 6.45) is 7.02. The zero-order chi connectivity index (χ0) is 13.1. The lowest BCUT2D eigenvalue weighted by atomic mass is 9.82. The minimum absolute atomic E-state index is 0.101. The van der Waals surface area contributed by atoms with E-state index in [1.807, 2.05) is 5.06 Å². The van der Waals surface area contributed by atoms with Gasteiger partial charge in [-0.3, -0.25) is 0 Å². The van der Waals surface area contributed by atoms with Crippen LogP contribution in [0.4, 0.5) is 0 Å². The van der Waals surface area contributed by atoms with Crippen LogP contribution in [0.15, 0.2) is 12.2 Å². The molecule has 0 bridgehead atoms. The van der Waals surface area contributed by atoms with Crippen molar-refractivity contribution < 1.29 is 9.63 Å². The van der Waals surface area contributed by atoms with E-state index in [0.717, 1.165) is 12.8 Å². The summed E-state index contributed by atoms with van der Waals surface area (Å²) in [4.78, 5) is 17.2. The van der Waals surface area contributed by atoms with E-state index in [9.17, 15) is 4.79 Å². The summed E-state index contributed by atoms with van der Waals surface area (Å²) < 4.78 is 0. The van der Waals surface area contributed by atoms with Gasteiger partial charge in [-0.25, -0.2) is 4.79 Å². The van der Waals surface area contributed by atoms with Crippen LogP contribution >= 0.6 is 0 Å². The van der Waals surface area contributed by atoms with Gasteiger partial charge in [0, 0.05) is 6.08 Å². The number of allylic oxidation sites excluding steroid dienone is 1. The second-order valence-corrected chi connectivity index (χ2v) is 5.87. The summed E-state index contributed by atoms with van der Waals surface area (Å²) in [5.74, 6) is -0.309. The maximum Gasteiger partial charge on any atom is 0.349 e. The van der Waals surface area contributed by atoms with E-state index in [0.29, 0.717) is 6.42 Å². The van der Waals surface area contributed by atoms with Gasteiger partial charge in [-0.2, -0.15) is 0 Å². The lowest BCUT2D eigenvalue weighted by Gasteiger charge is -2.50. The summed E-state index contributed by atoms with van der Waals surface area (Å²) in [5.41, 5.74) is -0.203. The molecule has 0 atom stereocenters. The summed E-state index contributed by atoms with van der Waals surface area (Å²) >= 11 is 0. The largest absolute Gasteiger partial charge is 0.363 e. The molecule has 97 valence electrons. The summed E-state index contributed by atoms with van der Waals surface area (Å²) in [6.45, 7) is 12.1. The molecule has 1 rings (SSSR count). The third-order valence-electron chi connectivity index (χ3n) is 3.28. The maximum atomic E-state index is 11.7. The summed E-state index contributed by atoms with van der Waals surface area (Å²) in [7, 11) is 0. The Balaban J connectivity index is 2.77. The van der Waals surface area contributed by atoms with Gasteiger partial charge in [-0.05, 0) is 60.3 Å². The molecule has 0 spiro atoms. The second-order valence-electron chi connectivity index (χ2n) is 5.87. The lowest BCUT2D eigenvalue weighted by Crippen LogP contribution is -2.58. The Morgan fingerprint density at radius 1 is 1.29 bits per heavy atom. The number of hydrogen-bond donors (Lipinski definition) is 0. The fraction of sp³-hybridized carbons (Fsp3) is 0.714. The molecule has 0 N–H and O–H groups in total. The highest BCUT2D eigenvalue weighted by Gasteiger charge is 2.44. The average molecular weight is 238 g/mol. The van der Waals surface area contributed by atoms with Crippen molar-refractivity contribution in [2.75, 3.05) is 0 Å². The van der Waals surface area contributed by atoms with Crippen molar-refractivity contribution in [2.45, 2.75) is 64.5 Å². The van der Waals surface area contributed by atoms with Crippen LogP contribution in [0, 0.1) is 6.92 Å². The van der Waals surface area contributed by atoms with Gasteiger partial charge < -0.3 is 4.84 Å². The predicted octanol–water partition coefficient (Wildman–Crippen LogP) is 3.27. The molecule has 1 aliphatic heterocycles. The first-order chi connectivity index (χ1) is 7.79. The number of piperidine rings is 1. The van der Waals surface area contributed by atoms with E-state index in [2.05, 4.69) is 34.6 Å². The highest BCUT2D eigenvalue weighted by Crippen LogP contribution is 2.38. The number of carbonyl (C=O) groups is 1. The predicted molar refractivity (Wildman–Crippen MR) is 69.1 cm³/mol. The lowest BCUT2D eigenvalue weighted by molar-refractivity contribution is -0.261. The molecule has 17 heavy (non-hydrogen) atoms. The Kier molecular flexibility index (Phi) is 4.36.